The molecule has 0 bridgehead atoms. The van der Waals surface area contributed by atoms with Gasteiger partial charge in [0.2, 0.25) is 11.8 Å². The van der Waals surface area contributed by atoms with Crippen LogP contribution in [0.1, 0.15) is 30.4 Å². The van der Waals surface area contributed by atoms with Crippen LogP contribution in [-0.4, -0.2) is 51.9 Å². The number of rotatable bonds is 8. The summed E-state index contributed by atoms with van der Waals surface area (Å²) in [6, 6.07) is 3.61. The minimum Gasteiger partial charge on any atom is -0.471 e. The van der Waals surface area contributed by atoms with E-state index in [0.29, 0.717) is 49.0 Å². The molecule has 8 nitrogen and oxygen atoms in total. The lowest BCUT2D eigenvalue weighted by Crippen LogP contribution is -2.22. The maximum absolute atomic E-state index is 12.5. The first-order valence-electron chi connectivity index (χ1n) is 10.5. The average Bonchev–Trinajstić information content (AvgIpc) is 3.17. The Kier molecular flexibility index (Phi) is 6.89. The SMILES string of the molecule is Cc1cc(Cn2cc3c(NC(=O)CC4CCOCC4)nccc3n2)cnc1OCC(F)F. The van der Waals surface area contributed by atoms with E-state index in [1.807, 2.05) is 12.3 Å². The number of nitrogens with one attached hydrogen (secondary N) is 1. The molecule has 0 radical (unpaired) electrons. The van der Waals surface area contributed by atoms with Crippen molar-refractivity contribution in [2.45, 2.75) is 39.2 Å². The van der Waals surface area contributed by atoms with Gasteiger partial charge in [-0.3, -0.25) is 9.48 Å². The van der Waals surface area contributed by atoms with E-state index in [4.69, 9.17) is 9.47 Å². The summed E-state index contributed by atoms with van der Waals surface area (Å²) in [6.45, 7) is 2.90. The predicted octanol–water partition coefficient (Wildman–Crippen LogP) is 3.58. The molecule has 3 aromatic heterocycles. The van der Waals surface area contributed by atoms with Crippen LogP contribution in [0.5, 0.6) is 5.88 Å². The van der Waals surface area contributed by atoms with Crippen LogP contribution in [0, 0.1) is 12.8 Å². The summed E-state index contributed by atoms with van der Waals surface area (Å²) in [5, 5.41) is 8.21. The highest BCUT2D eigenvalue weighted by Crippen LogP contribution is 2.23. The maximum Gasteiger partial charge on any atom is 0.272 e. The standard InChI is InChI=1S/C22H25F2N5O3/c1-14-8-16(10-26-22(14)32-13-19(23)24)11-29-12-17-18(28-29)2-5-25-21(17)27-20(30)9-15-3-6-31-7-4-15/h2,5,8,10,12,15,19H,3-4,6-7,9,11,13H2,1H3,(H,25,27,30). The summed E-state index contributed by atoms with van der Waals surface area (Å²) in [5.74, 6) is 0.937. The second kappa shape index (κ2) is 9.99. The van der Waals surface area contributed by atoms with Crippen molar-refractivity contribution in [2.24, 2.45) is 5.92 Å². The number of amides is 1. The number of hydrogen-bond acceptors (Lipinski definition) is 6. The van der Waals surface area contributed by atoms with Crippen LogP contribution in [0.15, 0.2) is 30.7 Å². The number of anilines is 1. The van der Waals surface area contributed by atoms with Gasteiger partial charge in [-0.25, -0.2) is 18.7 Å². The van der Waals surface area contributed by atoms with Gasteiger partial charge < -0.3 is 14.8 Å². The van der Waals surface area contributed by atoms with E-state index in [9.17, 15) is 13.6 Å². The van der Waals surface area contributed by atoms with Crippen molar-refractivity contribution in [3.63, 3.8) is 0 Å². The molecule has 32 heavy (non-hydrogen) atoms. The Balaban J connectivity index is 1.44. The molecule has 1 aliphatic heterocycles. The summed E-state index contributed by atoms with van der Waals surface area (Å²) < 4.78 is 36.8. The molecule has 0 aromatic carbocycles. The van der Waals surface area contributed by atoms with E-state index in [0.717, 1.165) is 23.8 Å². The van der Waals surface area contributed by atoms with Gasteiger partial charge in [0.15, 0.2) is 6.61 Å². The Bertz CT molecular complexity index is 1080. The number of halogens is 2. The largest absolute Gasteiger partial charge is 0.471 e. The molecule has 1 N–H and O–H groups in total. The molecule has 10 heteroatoms. The van der Waals surface area contributed by atoms with Crippen molar-refractivity contribution in [2.75, 3.05) is 25.1 Å². The minimum absolute atomic E-state index is 0.0659. The van der Waals surface area contributed by atoms with Crippen molar-refractivity contribution in [1.29, 1.82) is 0 Å². The lowest BCUT2D eigenvalue weighted by atomic mass is 9.96. The summed E-state index contributed by atoms with van der Waals surface area (Å²) in [4.78, 5) is 21.0. The van der Waals surface area contributed by atoms with Crippen LogP contribution in [0.4, 0.5) is 14.6 Å². The smallest absolute Gasteiger partial charge is 0.272 e. The zero-order valence-corrected chi connectivity index (χ0v) is 17.8. The summed E-state index contributed by atoms with van der Waals surface area (Å²) in [6.07, 6.45) is 4.70. The first-order chi connectivity index (χ1) is 15.5. The third-order valence-electron chi connectivity index (χ3n) is 5.33. The lowest BCUT2D eigenvalue weighted by molar-refractivity contribution is -0.117. The number of nitrogens with zero attached hydrogens (tertiary/aromatic N) is 4. The van der Waals surface area contributed by atoms with Crippen molar-refractivity contribution >= 4 is 22.6 Å². The van der Waals surface area contributed by atoms with E-state index in [1.54, 1.807) is 30.1 Å². The quantitative estimate of drug-likeness (QED) is 0.570. The molecule has 4 rings (SSSR count). The van der Waals surface area contributed by atoms with E-state index in [-0.39, 0.29) is 11.8 Å². The zero-order chi connectivity index (χ0) is 22.5. The summed E-state index contributed by atoms with van der Waals surface area (Å²) in [7, 11) is 0. The molecule has 0 spiro atoms. The van der Waals surface area contributed by atoms with Gasteiger partial charge in [-0.15, -0.1) is 0 Å². The van der Waals surface area contributed by atoms with Gasteiger partial charge in [-0.1, -0.05) is 0 Å². The molecule has 170 valence electrons. The number of fused-ring (bicyclic) bond motifs is 1. The first kappa shape index (κ1) is 22.1. The maximum atomic E-state index is 12.5. The van der Waals surface area contributed by atoms with Crippen LogP contribution in [0.2, 0.25) is 0 Å². The number of ether oxygens (including phenoxy) is 2. The van der Waals surface area contributed by atoms with Gasteiger partial charge in [0.05, 0.1) is 17.4 Å². The number of aromatic nitrogens is 4. The van der Waals surface area contributed by atoms with Gasteiger partial charge in [0.25, 0.3) is 6.43 Å². The first-order valence-corrected chi connectivity index (χ1v) is 10.5. The fourth-order valence-corrected chi connectivity index (χ4v) is 3.76. The van der Waals surface area contributed by atoms with Crippen molar-refractivity contribution < 1.29 is 23.0 Å². The van der Waals surface area contributed by atoms with Crippen molar-refractivity contribution in [3.05, 3.63) is 41.9 Å². The average molecular weight is 445 g/mol. The topological polar surface area (TPSA) is 91.2 Å². The van der Waals surface area contributed by atoms with Gasteiger partial charge in [-0.05, 0) is 43.4 Å². The van der Waals surface area contributed by atoms with Gasteiger partial charge in [0.1, 0.15) is 5.82 Å². The molecular formula is C22H25F2N5O3. The normalized spacial score (nSPS) is 14.8. The van der Waals surface area contributed by atoms with Crippen LogP contribution in [0.3, 0.4) is 0 Å². The molecule has 1 fully saturated rings. The predicted molar refractivity (Wildman–Crippen MR) is 114 cm³/mol. The van der Waals surface area contributed by atoms with Crippen LogP contribution >= 0.6 is 0 Å². The molecule has 0 atom stereocenters. The monoisotopic (exact) mass is 445 g/mol. The third-order valence-corrected chi connectivity index (χ3v) is 5.33. The highest BCUT2D eigenvalue weighted by atomic mass is 19.3. The molecule has 0 saturated carbocycles. The van der Waals surface area contributed by atoms with E-state index in [2.05, 4.69) is 20.4 Å². The van der Waals surface area contributed by atoms with Crippen LogP contribution in [0.25, 0.3) is 10.9 Å². The van der Waals surface area contributed by atoms with Gasteiger partial charge in [-0.2, -0.15) is 5.10 Å². The Morgan fingerprint density at radius 3 is 2.91 bits per heavy atom. The van der Waals surface area contributed by atoms with Gasteiger partial charge >= 0.3 is 0 Å². The fraction of sp³-hybridized carbons (Fsp3) is 0.455. The Morgan fingerprint density at radius 1 is 1.34 bits per heavy atom. The van der Waals surface area contributed by atoms with Crippen molar-refractivity contribution in [3.8, 4) is 5.88 Å². The fourth-order valence-electron chi connectivity index (χ4n) is 3.76. The summed E-state index contributed by atoms with van der Waals surface area (Å²) >= 11 is 0. The highest BCUT2D eigenvalue weighted by molar-refractivity contribution is 5.99. The number of alkyl halides is 2. The second-order valence-corrected chi connectivity index (χ2v) is 7.89. The number of hydrogen-bond donors (Lipinski definition) is 1. The minimum atomic E-state index is -2.55. The van der Waals surface area contributed by atoms with Crippen LogP contribution in [-0.2, 0) is 16.1 Å². The highest BCUT2D eigenvalue weighted by Gasteiger charge is 2.19. The molecular weight excluding hydrogens is 420 g/mol. The molecule has 3 aromatic rings. The number of aryl methyl sites for hydroxylation is 1. The van der Waals surface area contributed by atoms with E-state index < -0.39 is 13.0 Å². The van der Waals surface area contributed by atoms with E-state index >= 15 is 0 Å². The Labute approximate surface area is 183 Å². The van der Waals surface area contributed by atoms with Crippen LogP contribution < -0.4 is 10.1 Å². The zero-order valence-electron chi connectivity index (χ0n) is 17.8. The molecule has 4 heterocycles. The van der Waals surface area contributed by atoms with Crippen molar-refractivity contribution in [1.82, 2.24) is 19.7 Å². The number of carbonyl (C=O) groups excluding carboxylic acids is 1. The Hall–Kier alpha value is -3.14. The molecule has 1 aliphatic rings. The lowest BCUT2D eigenvalue weighted by Gasteiger charge is -2.21. The second-order valence-electron chi connectivity index (χ2n) is 7.89. The molecule has 1 amide bonds. The number of carbonyl (C=O) groups is 1. The third kappa shape index (κ3) is 5.56. The molecule has 1 saturated heterocycles. The number of pyridine rings is 2. The molecule has 0 unspecified atom stereocenters. The Morgan fingerprint density at radius 2 is 2.16 bits per heavy atom. The summed E-state index contributed by atoms with van der Waals surface area (Å²) in [5.41, 5.74) is 2.23. The molecule has 0 aliphatic carbocycles. The van der Waals surface area contributed by atoms with Gasteiger partial charge in [0, 0.05) is 43.8 Å². The van der Waals surface area contributed by atoms with E-state index in [1.165, 1.54) is 0 Å².